The van der Waals surface area contributed by atoms with Gasteiger partial charge in [0.15, 0.2) is 0 Å². The number of nitrogens with zero attached hydrogens (tertiary/aromatic N) is 3. The van der Waals surface area contributed by atoms with Crippen molar-refractivity contribution in [2.45, 2.75) is 6.42 Å². The van der Waals surface area contributed by atoms with Gasteiger partial charge in [-0.05, 0) is 36.2 Å². The molecule has 2 aromatic heterocycles. The third-order valence-corrected chi connectivity index (χ3v) is 3.57. The Morgan fingerprint density at radius 2 is 1.96 bits per heavy atom. The molecule has 0 aliphatic heterocycles. The molecule has 0 atom stereocenters. The number of amides is 1. The van der Waals surface area contributed by atoms with Crippen molar-refractivity contribution >= 4 is 17.5 Å². The molecular formula is C17H15ClN4O. The van der Waals surface area contributed by atoms with E-state index in [1.165, 1.54) is 6.20 Å². The number of para-hydroxylation sites is 1. The monoisotopic (exact) mass is 326 g/mol. The molecule has 0 aliphatic rings. The van der Waals surface area contributed by atoms with Gasteiger partial charge in [-0.25, -0.2) is 9.67 Å². The van der Waals surface area contributed by atoms with Gasteiger partial charge in [-0.1, -0.05) is 29.8 Å². The minimum atomic E-state index is -0.162. The summed E-state index contributed by atoms with van der Waals surface area (Å²) < 4.78 is 1.82. The lowest BCUT2D eigenvalue weighted by atomic mass is 10.2. The molecule has 0 saturated heterocycles. The summed E-state index contributed by atoms with van der Waals surface area (Å²) in [6, 6.07) is 13.1. The zero-order valence-corrected chi connectivity index (χ0v) is 13.1. The SMILES string of the molecule is O=C(NCCc1cnn(-c2ccccc2)c1)c1ccc(Cl)nc1. The smallest absolute Gasteiger partial charge is 0.252 e. The van der Waals surface area contributed by atoms with Gasteiger partial charge in [0.25, 0.3) is 5.91 Å². The van der Waals surface area contributed by atoms with E-state index in [9.17, 15) is 4.79 Å². The second-order valence-corrected chi connectivity index (χ2v) is 5.39. The van der Waals surface area contributed by atoms with Crippen LogP contribution in [0, 0.1) is 0 Å². The fourth-order valence-electron chi connectivity index (χ4n) is 2.14. The number of benzene rings is 1. The van der Waals surface area contributed by atoms with Crippen molar-refractivity contribution in [3.63, 3.8) is 0 Å². The summed E-state index contributed by atoms with van der Waals surface area (Å²) in [6.07, 6.45) is 5.94. The molecule has 116 valence electrons. The fraction of sp³-hybridized carbons (Fsp3) is 0.118. The quantitative estimate of drug-likeness (QED) is 0.733. The predicted molar refractivity (Wildman–Crippen MR) is 88.8 cm³/mol. The highest BCUT2D eigenvalue weighted by atomic mass is 35.5. The molecular weight excluding hydrogens is 312 g/mol. The number of carbonyl (C=O) groups excluding carboxylic acids is 1. The van der Waals surface area contributed by atoms with Crippen molar-refractivity contribution in [3.05, 3.63) is 77.3 Å². The molecule has 23 heavy (non-hydrogen) atoms. The lowest BCUT2D eigenvalue weighted by molar-refractivity contribution is 0.0954. The summed E-state index contributed by atoms with van der Waals surface area (Å²) in [7, 11) is 0. The van der Waals surface area contributed by atoms with Crippen LogP contribution in [-0.4, -0.2) is 27.2 Å². The first-order valence-corrected chi connectivity index (χ1v) is 7.59. The Morgan fingerprint density at radius 1 is 1.13 bits per heavy atom. The topological polar surface area (TPSA) is 59.8 Å². The number of hydrogen-bond acceptors (Lipinski definition) is 3. The first-order valence-electron chi connectivity index (χ1n) is 7.21. The van der Waals surface area contributed by atoms with E-state index < -0.39 is 0 Å². The number of aromatic nitrogens is 3. The number of hydrogen-bond donors (Lipinski definition) is 1. The van der Waals surface area contributed by atoms with E-state index in [0.717, 1.165) is 11.3 Å². The molecule has 3 aromatic rings. The third kappa shape index (κ3) is 3.96. The Balaban J connectivity index is 1.54. The van der Waals surface area contributed by atoms with Crippen molar-refractivity contribution in [1.82, 2.24) is 20.1 Å². The average Bonchev–Trinajstić information content (AvgIpc) is 3.05. The maximum Gasteiger partial charge on any atom is 0.252 e. The van der Waals surface area contributed by atoms with Gasteiger partial charge in [-0.3, -0.25) is 4.79 Å². The average molecular weight is 327 g/mol. The predicted octanol–water partition coefficient (Wildman–Crippen LogP) is 2.89. The highest BCUT2D eigenvalue weighted by molar-refractivity contribution is 6.29. The van der Waals surface area contributed by atoms with E-state index in [1.54, 1.807) is 12.1 Å². The number of pyridine rings is 1. The Bertz CT molecular complexity index is 784. The van der Waals surface area contributed by atoms with Crippen molar-refractivity contribution in [1.29, 1.82) is 0 Å². The Labute approximate surface area is 138 Å². The van der Waals surface area contributed by atoms with Gasteiger partial charge in [-0.2, -0.15) is 5.10 Å². The van der Waals surface area contributed by atoms with Crippen LogP contribution in [0.15, 0.2) is 61.1 Å². The van der Waals surface area contributed by atoms with Crippen molar-refractivity contribution < 1.29 is 4.79 Å². The van der Waals surface area contributed by atoms with E-state index in [2.05, 4.69) is 15.4 Å². The molecule has 0 aliphatic carbocycles. The molecule has 0 radical (unpaired) electrons. The number of carbonyl (C=O) groups is 1. The summed E-state index contributed by atoms with van der Waals surface area (Å²) in [5.74, 6) is -0.162. The molecule has 6 heteroatoms. The van der Waals surface area contributed by atoms with E-state index in [4.69, 9.17) is 11.6 Å². The minimum absolute atomic E-state index is 0.162. The summed E-state index contributed by atoms with van der Waals surface area (Å²) in [4.78, 5) is 15.9. The van der Waals surface area contributed by atoms with Crippen LogP contribution in [0.4, 0.5) is 0 Å². The van der Waals surface area contributed by atoms with Crippen LogP contribution in [0.1, 0.15) is 15.9 Å². The Morgan fingerprint density at radius 3 is 2.70 bits per heavy atom. The summed E-state index contributed by atoms with van der Waals surface area (Å²) in [5.41, 5.74) is 2.56. The molecule has 3 rings (SSSR count). The van der Waals surface area contributed by atoms with E-state index >= 15 is 0 Å². The Hall–Kier alpha value is -2.66. The fourth-order valence-corrected chi connectivity index (χ4v) is 2.26. The van der Waals surface area contributed by atoms with Crippen molar-refractivity contribution in [2.75, 3.05) is 6.54 Å². The van der Waals surface area contributed by atoms with Crippen LogP contribution in [0.3, 0.4) is 0 Å². The summed E-state index contributed by atoms with van der Waals surface area (Å²) in [5, 5.41) is 7.56. The van der Waals surface area contributed by atoms with Gasteiger partial charge >= 0.3 is 0 Å². The zero-order chi connectivity index (χ0) is 16.1. The molecule has 0 bridgehead atoms. The first-order chi connectivity index (χ1) is 11.2. The van der Waals surface area contributed by atoms with Crippen LogP contribution in [0.2, 0.25) is 5.15 Å². The molecule has 5 nitrogen and oxygen atoms in total. The largest absolute Gasteiger partial charge is 0.352 e. The van der Waals surface area contributed by atoms with Crippen LogP contribution in [0.25, 0.3) is 5.69 Å². The van der Waals surface area contributed by atoms with E-state index in [0.29, 0.717) is 23.7 Å². The van der Waals surface area contributed by atoms with Crippen LogP contribution in [0.5, 0.6) is 0 Å². The van der Waals surface area contributed by atoms with Gasteiger partial charge < -0.3 is 5.32 Å². The standard InChI is InChI=1S/C17H15ClN4O/c18-16-7-6-14(11-20-16)17(23)19-9-8-13-10-21-22(12-13)15-4-2-1-3-5-15/h1-7,10-12H,8-9H2,(H,19,23). The number of rotatable bonds is 5. The normalized spacial score (nSPS) is 10.5. The molecule has 1 N–H and O–H groups in total. The van der Waals surface area contributed by atoms with Gasteiger partial charge in [0.05, 0.1) is 17.4 Å². The van der Waals surface area contributed by atoms with Crippen LogP contribution in [-0.2, 0) is 6.42 Å². The number of halogens is 1. The summed E-state index contributed by atoms with van der Waals surface area (Å²) in [6.45, 7) is 0.530. The maximum absolute atomic E-state index is 12.0. The molecule has 1 aromatic carbocycles. The highest BCUT2D eigenvalue weighted by Crippen LogP contribution is 2.08. The van der Waals surface area contributed by atoms with Crippen molar-refractivity contribution in [2.24, 2.45) is 0 Å². The van der Waals surface area contributed by atoms with Gasteiger partial charge in [-0.15, -0.1) is 0 Å². The maximum atomic E-state index is 12.0. The molecule has 2 heterocycles. The van der Waals surface area contributed by atoms with Crippen LogP contribution < -0.4 is 5.32 Å². The second-order valence-electron chi connectivity index (χ2n) is 5.00. The molecule has 1 amide bonds. The third-order valence-electron chi connectivity index (χ3n) is 3.35. The lowest BCUT2D eigenvalue weighted by Crippen LogP contribution is -2.25. The summed E-state index contributed by atoms with van der Waals surface area (Å²) >= 11 is 5.70. The highest BCUT2D eigenvalue weighted by Gasteiger charge is 2.06. The van der Waals surface area contributed by atoms with E-state index in [-0.39, 0.29) is 5.91 Å². The molecule has 0 spiro atoms. The molecule has 0 saturated carbocycles. The minimum Gasteiger partial charge on any atom is -0.352 e. The van der Waals surface area contributed by atoms with Gasteiger partial charge in [0, 0.05) is 18.9 Å². The molecule has 0 unspecified atom stereocenters. The van der Waals surface area contributed by atoms with E-state index in [1.807, 2.05) is 47.4 Å². The van der Waals surface area contributed by atoms with Crippen molar-refractivity contribution in [3.8, 4) is 5.69 Å². The van der Waals surface area contributed by atoms with Gasteiger partial charge in [0.1, 0.15) is 5.15 Å². The first kappa shape index (κ1) is 15.2. The zero-order valence-electron chi connectivity index (χ0n) is 12.3. The van der Waals surface area contributed by atoms with Gasteiger partial charge in [0.2, 0.25) is 0 Å². The lowest BCUT2D eigenvalue weighted by Gasteiger charge is -2.04. The molecule has 0 fully saturated rings. The number of nitrogens with one attached hydrogen (secondary N) is 1. The Kier molecular flexibility index (Phi) is 4.68. The second kappa shape index (κ2) is 7.07. The van der Waals surface area contributed by atoms with Crippen LogP contribution >= 0.6 is 11.6 Å².